The summed E-state index contributed by atoms with van der Waals surface area (Å²) >= 11 is 0. The van der Waals surface area contributed by atoms with Crippen molar-refractivity contribution in [1.82, 2.24) is 16.0 Å². The average molecular weight is 482 g/mol. The Morgan fingerprint density at radius 3 is 2.18 bits per heavy atom. The third-order valence-electron chi connectivity index (χ3n) is 5.69. The Hall–Kier alpha value is -2.42. The normalized spacial score (nSPS) is 28.2. The number of nitrogens with one attached hydrogen (secondary N) is 3. The van der Waals surface area contributed by atoms with E-state index in [1.807, 2.05) is 40.7 Å². The highest BCUT2D eigenvalue weighted by molar-refractivity contribution is 5.92. The lowest BCUT2D eigenvalue weighted by molar-refractivity contribution is -0.151. The Kier molecular flexibility index (Phi) is 12.9. The molecule has 5 atom stereocenters. The van der Waals surface area contributed by atoms with Crippen LogP contribution in [-0.2, 0) is 23.9 Å². The number of carbonyl (C=O) groups excluding carboxylic acids is 4. The second-order valence-corrected chi connectivity index (χ2v) is 9.72. The standard InChI is InChI=1S/C25H43N3O6/c1-7-9-10-11-17-13-21(30)26-19(12-15(3)4)25(33)27-18(8-2)24(32)28-23(16(5)6)20(29)14-22(31)34-17/h10-11,15-20,23,29H,7-9,12-14H2,1-6H3,(H,26,30)(H,27,33)(H,28,32)/b11-10+/t17-,18-,19-,20+,23-/m1/s1. The molecule has 9 heteroatoms. The summed E-state index contributed by atoms with van der Waals surface area (Å²) in [6.45, 7) is 11.3. The van der Waals surface area contributed by atoms with Crippen molar-refractivity contribution in [3.8, 4) is 0 Å². The van der Waals surface area contributed by atoms with Crippen molar-refractivity contribution in [2.24, 2.45) is 11.8 Å². The van der Waals surface area contributed by atoms with Crippen LogP contribution in [-0.4, -0.2) is 59.1 Å². The van der Waals surface area contributed by atoms with Gasteiger partial charge in [0.1, 0.15) is 18.2 Å². The highest BCUT2D eigenvalue weighted by Gasteiger charge is 2.32. The van der Waals surface area contributed by atoms with Gasteiger partial charge in [-0.25, -0.2) is 0 Å². The van der Waals surface area contributed by atoms with E-state index in [4.69, 9.17) is 4.74 Å². The molecule has 4 N–H and O–H groups in total. The van der Waals surface area contributed by atoms with Crippen LogP contribution in [0.15, 0.2) is 12.2 Å². The summed E-state index contributed by atoms with van der Waals surface area (Å²) in [5, 5.41) is 19.0. The molecule has 0 aliphatic carbocycles. The molecule has 1 aliphatic heterocycles. The van der Waals surface area contributed by atoms with Gasteiger partial charge in [-0.2, -0.15) is 0 Å². The van der Waals surface area contributed by atoms with Crippen LogP contribution >= 0.6 is 0 Å². The van der Waals surface area contributed by atoms with E-state index >= 15 is 0 Å². The number of carbonyl (C=O) groups is 4. The minimum Gasteiger partial charge on any atom is -0.457 e. The zero-order valence-electron chi connectivity index (χ0n) is 21.4. The van der Waals surface area contributed by atoms with Gasteiger partial charge in [-0.3, -0.25) is 19.2 Å². The fraction of sp³-hybridized carbons (Fsp3) is 0.760. The van der Waals surface area contributed by atoms with E-state index in [1.54, 1.807) is 13.0 Å². The van der Waals surface area contributed by atoms with Crippen LogP contribution < -0.4 is 16.0 Å². The number of aliphatic hydroxyl groups excluding tert-OH is 1. The van der Waals surface area contributed by atoms with Crippen LogP contribution in [0.25, 0.3) is 0 Å². The molecule has 0 radical (unpaired) electrons. The second kappa shape index (κ2) is 14.8. The lowest BCUT2D eigenvalue weighted by Crippen LogP contribution is -2.57. The van der Waals surface area contributed by atoms with Gasteiger partial charge in [-0.15, -0.1) is 0 Å². The summed E-state index contributed by atoms with van der Waals surface area (Å²) in [6, 6.07) is -2.38. The Morgan fingerprint density at radius 1 is 0.971 bits per heavy atom. The summed E-state index contributed by atoms with van der Waals surface area (Å²) in [7, 11) is 0. The number of unbranched alkanes of at least 4 members (excludes halogenated alkanes) is 1. The molecule has 3 amide bonds. The van der Waals surface area contributed by atoms with Crippen molar-refractivity contribution in [3.05, 3.63) is 12.2 Å². The van der Waals surface area contributed by atoms with Crippen LogP contribution in [0, 0.1) is 11.8 Å². The molecule has 1 rings (SSSR count). The van der Waals surface area contributed by atoms with E-state index in [9.17, 15) is 24.3 Å². The third kappa shape index (κ3) is 10.2. The predicted molar refractivity (Wildman–Crippen MR) is 130 cm³/mol. The summed E-state index contributed by atoms with van der Waals surface area (Å²) in [5.74, 6) is -2.06. The molecule has 0 unspecified atom stereocenters. The van der Waals surface area contributed by atoms with Gasteiger partial charge in [0.2, 0.25) is 17.7 Å². The first-order valence-corrected chi connectivity index (χ1v) is 12.4. The summed E-state index contributed by atoms with van der Waals surface area (Å²) in [5.41, 5.74) is 0. The van der Waals surface area contributed by atoms with Gasteiger partial charge in [-0.05, 0) is 37.2 Å². The topological polar surface area (TPSA) is 134 Å². The van der Waals surface area contributed by atoms with E-state index in [-0.39, 0.29) is 24.7 Å². The number of aliphatic hydroxyl groups is 1. The number of ether oxygens (including phenoxy) is 1. The molecular formula is C25H43N3O6. The van der Waals surface area contributed by atoms with Crippen molar-refractivity contribution in [3.63, 3.8) is 0 Å². The van der Waals surface area contributed by atoms with Crippen molar-refractivity contribution in [2.45, 2.75) is 110 Å². The van der Waals surface area contributed by atoms with Gasteiger partial charge in [0.25, 0.3) is 0 Å². The SMILES string of the molecule is CCC/C=C/[C@@H]1CC(=O)N[C@H](CC(C)C)C(=O)N[C@H](CC)C(=O)N[C@H](C(C)C)[C@@H](O)CC(=O)O1. The van der Waals surface area contributed by atoms with Crippen LogP contribution in [0.1, 0.15) is 80.1 Å². The van der Waals surface area contributed by atoms with Gasteiger partial charge in [-0.1, -0.05) is 54.0 Å². The first kappa shape index (κ1) is 29.6. The number of cyclic esters (lactones) is 1. The fourth-order valence-electron chi connectivity index (χ4n) is 3.81. The Balaban J connectivity index is 3.29. The van der Waals surface area contributed by atoms with Gasteiger partial charge in [0.05, 0.1) is 25.0 Å². The molecule has 0 spiro atoms. The summed E-state index contributed by atoms with van der Waals surface area (Å²) in [4.78, 5) is 51.3. The summed E-state index contributed by atoms with van der Waals surface area (Å²) < 4.78 is 5.49. The molecule has 0 aromatic rings. The molecule has 0 aromatic carbocycles. The lowest BCUT2D eigenvalue weighted by atomic mass is 9.95. The Bertz CT molecular complexity index is 721. The molecule has 9 nitrogen and oxygen atoms in total. The number of amides is 3. The molecule has 1 heterocycles. The van der Waals surface area contributed by atoms with Crippen LogP contribution in [0.5, 0.6) is 0 Å². The molecule has 0 aromatic heterocycles. The number of hydrogen-bond acceptors (Lipinski definition) is 6. The number of hydrogen-bond donors (Lipinski definition) is 4. The van der Waals surface area contributed by atoms with Gasteiger partial charge >= 0.3 is 5.97 Å². The largest absolute Gasteiger partial charge is 0.457 e. The molecule has 0 saturated carbocycles. The van der Waals surface area contributed by atoms with Gasteiger partial charge < -0.3 is 25.8 Å². The zero-order chi connectivity index (χ0) is 25.8. The van der Waals surface area contributed by atoms with E-state index in [1.165, 1.54) is 0 Å². The maximum atomic E-state index is 13.0. The molecule has 34 heavy (non-hydrogen) atoms. The minimum atomic E-state index is -1.18. The highest BCUT2D eigenvalue weighted by Crippen LogP contribution is 2.15. The summed E-state index contributed by atoms with van der Waals surface area (Å²) in [6.07, 6.45) is 3.39. The number of allylic oxidation sites excluding steroid dienone is 1. The van der Waals surface area contributed by atoms with E-state index < -0.39 is 54.0 Å². The third-order valence-corrected chi connectivity index (χ3v) is 5.69. The molecule has 1 saturated heterocycles. The quantitative estimate of drug-likeness (QED) is 0.325. The molecule has 194 valence electrons. The molecule has 1 aliphatic rings. The molecule has 0 bridgehead atoms. The maximum absolute atomic E-state index is 13.0. The minimum absolute atomic E-state index is 0.116. The number of rotatable bonds is 7. The van der Waals surface area contributed by atoms with Gasteiger partial charge in [0.15, 0.2) is 0 Å². The monoisotopic (exact) mass is 481 g/mol. The van der Waals surface area contributed by atoms with Crippen LogP contribution in [0.3, 0.4) is 0 Å². The second-order valence-electron chi connectivity index (χ2n) is 9.72. The lowest BCUT2D eigenvalue weighted by Gasteiger charge is -2.29. The predicted octanol–water partition coefficient (Wildman–Crippen LogP) is 1.98. The van der Waals surface area contributed by atoms with Crippen molar-refractivity contribution >= 4 is 23.7 Å². The Labute approximate surface area is 203 Å². The maximum Gasteiger partial charge on any atom is 0.309 e. The molecular weight excluding hydrogens is 438 g/mol. The van der Waals surface area contributed by atoms with E-state index in [0.717, 1.165) is 12.8 Å². The van der Waals surface area contributed by atoms with Crippen LogP contribution in [0.4, 0.5) is 0 Å². The first-order valence-electron chi connectivity index (χ1n) is 12.4. The fourth-order valence-corrected chi connectivity index (χ4v) is 3.81. The van der Waals surface area contributed by atoms with E-state index in [2.05, 4.69) is 16.0 Å². The van der Waals surface area contributed by atoms with Crippen molar-refractivity contribution in [1.29, 1.82) is 0 Å². The van der Waals surface area contributed by atoms with Crippen molar-refractivity contribution in [2.75, 3.05) is 0 Å². The smallest absolute Gasteiger partial charge is 0.309 e. The number of esters is 1. The van der Waals surface area contributed by atoms with Gasteiger partial charge in [0, 0.05) is 0 Å². The van der Waals surface area contributed by atoms with Crippen molar-refractivity contribution < 1.29 is 29.0 Å². The average Bonchev–Trinajstić information content (AvgIpc) is 2.73. The highest BCUT2D eigenvalue weighted by atomic mass is 16.5. The molecule has 1 fully saturated rings. The first-order chi connectivity index (χ1) is 16.0. The zero-order valence-corrected chi connectivity index (χ0v) is 21.4. The van der Waals surface area contributed by atoms with E-state index in [0.29, 0.717) is 12.8 Å². The van der Waals surface area contributed by atoms with Crippen LogP contribution in [0.2, 0.25) is 0 Å². The Morgan fingerprint density at radius 2 is 1.62 bits per heavy atom.